The monoisotopic (exact) mass is 335 g/mol. The van der Waals surface area contributed by atoms with Crippen LogP contribution in [0.4, 0.5) is 13.2 Å². The number of halogens is 3. The highest BCUT2D eigenvalue weighted by molar-refractivity contribution is 7.97. The van der Waals surface area contributed by atoms with Gasteiger partial charge < -0.3 is 4.74 Å². The molecule has 3 nitrogen and oxygen atoms in total. The topological polar surface area (TPSA) is 38.3 Å². The Hall–Kier alpha value is -1.21. The van der Waals surface area contributed by atoms with Crippen LogP contribution >= 0.6 is 11.9 Å². The number of aryl methyl sites for hydroxylation is 1. The average Bonchev–Trinajstić information content (AvgIpc) is 2.42. The highest BCUT2D eigenvalue weighted by atomic mass is 32.2. The minimum Gasteiger partial charge on any atom is -0.467 e. The third-order valence-electron chi connectivity index (χ3n) is 3.10. The smallest absolute Gasteiger partial charge is 0.418 e. The van der Waals surface area contributed by atoms with Crippen LogP contribution in [0, 0.1) is 12.8 Å². The van der Waals surface area contributed by atoms with Crippen molar-refractivity contribution in [3.05, 3.63) is 29.8 Å². The van der Waals surface area contributed by atoms with Crippen LogP contribution in [0.25, 0.3) is 0 Å². The number of hydrogen-bond acceptors (Lipinski definition) is 4. The number of benzene rings is 1. The second kappa shape index (κ2) is 7.37. The van der Waals surface area contributed by atoms with E-state index in [9.17, 15) is 18.0 Å². The van der Waals surface area contributed by atoms with Gasteiger partial charge >= 0.3 is 12.1 Å². The van der Waals surface area contributed by atoms with E-state index in [0.29, 0.717) is 4.90 Å². The number of esters is 1. The van der Waals surface area contributed by atoms with Crippen molar-refractivity contribution in [2.24, 2.45) is 5.92 Å². The molecule has 0 aliphatic rings. The standard InChI is InChI=1S/C15H20F3NO2S/c1-10(2)9-14(13(20)21-4,15(16,17)18)19-22-12-7-5-11(3)6-8-12/h5-8,10,19H,9H2,1-4H3. The molecule has 0 amide bonds. The summed E-state index contributed by atoms with van der Waals surface area (Å²) in [7, 11) is 0.960. The summed E-state index contributed by atoms with van der Waals surface area (Å²) in [6, 6.07) is 6.97. The first-order valence-electron chi connectivity index (χ1n) is 6.78. The summed E-state index contributed by atoms with van der Waals surface area (Å²) in [5.74, 6) is -1.67. The fraction of sp³-hybridized carbons (Fsp3) is 0.533. The van der Waals surface area contributed by atoms with Crippen LogP contribution in [0.1, 0.15) is 25.8 Å². The number of ether oxygens (including phenoxy) is 1. The molecule has 0 aliphatic heterocycles. The van der Waals surface area contributed by atoms with E-state index in [-0.39, 0.29) is 5.92 Å². The molecule has 1 aromatic rings. The highest BCUT2D eigenvalue weighted by Gasteiger charge is 2.61. The second-order valence-corrected chi connectivity index (χ2v) is 6.39. The van der Waals surface area contributed by atoms with Gasteiger partial charge in [-0.05, 0) is 43.3 Å². The number of nitrogens with one attached hydrogen (secondary N) is 1. The molecule has 1 atom stereocenters. The Morgan fingerprint density at radius 2 is 1.82 bits per heavy atom. The lowest BCUT2D eigenvalue weighted by Gasteiger charge is -2.34. The maximum Gasteiger partial charge on any atom is 0.418 e. The summed E-state index contributed by atoms with van der Waals surface area (Å²) in [5, 5.41) is 0. The van der Waals surface area contributed by atoms with Crippen molar-refractivity contribution in [1.82, 2.24) is 4.72 Å². The van der Waals surface area contributed by atoms with Crippen LogP contribution in [0.15, 0.2) is 29.2 Å². The van der Waals surface area contributed by atoms with Gasteiger partial charge in [0, 0.05) is 4.90 Å². The average molecular weight is 335 g/mol. The van der Waals surface area contributed by atoms with Crippen LogP contribution in [0.3, 0.4) is 0 Å². The van der Waals surface area contributed by atoms with Crippen LogP contribution in [0.5, 0.6) is 0 Å². The summed E-state index contributed by atoms with van der Waals surface area (Å²) >= 11 is 0.778. The maximum absolute atomic E-state index is 13.6. The number of methoxy groups -OCH3 is 1. The van der Waals surface area contributed by atoms with Crippen LogP contribution < -0.4 is 4.72 Å². The van der Waals surface area contributed by atoms with Crippen molar-refractivity contribution in [1.29, 1.82) is 0 Å². The molecule has 1 unspecified atom stereocenters. The third kappa shape index (κ3) is 4.39. The molecule has 124 valence electrons. The molecule has 0 fully saturated rings. The predicted octanol–water partition coefficient (Wildman–Crippen LogP) is 4.11. The van der Waals surface area contributed by atoms with E-state index in [2.05, 4.69) is 9.46 Å². The lowest BCUT2D eigenvalue weighted by Crippen LogP contribution is -2.61. The van der Waals surface area contributed by atoms with E-state index in [0.717, 1.165) is 24.6 Å². The molecule has 0 radical (unpaired) electrons. The van der Waals surface area contributed by atoms with Gasteiger partial charge in [0.05, 0.1) is 7.11 Å². The normalized spacial score (nSPS) is 14.7. The lowest BCUT2D eigenvalue weighted by molar-refractivity contribution is -0.210. The van der Waals surface area contributed by atoms with Crippen molar-refractivity contribution in [2.75, 3.05) is 7.11 Å². The zero-order valence-electron chi connectivity index (χ0n) is 13.0. The van der Waals surface area contributed by atoms with E-state index in [1.165, 1.54) is 0 Å². The Kier molecular flexibility index (Phi) is 6.31. The minimum atomic E-state index is -4.76. The summed E-state index contributed by atoms with van der Waals surface area (Å²) in [6.45, 7) is 5.14. The molecule has 0 heterocycles. The zero-order valence-corrected chi connectivity index (χ0v) is 13.8. The Bertz CT molecular complexity index is 503. The van der Waals surface area contributed by atoms with Gasteiger partial charge in [0.2, 0.25) is 5.54 Å². The summed E-state index contributed by atoms with van der Waals surface area (Å²) in [4.78, 5) is 12.5. The van der Waals surface area contributed by atoms with Crippen molar-refractivity contribution in [2.45, 2.75) is 43.8 Å². The number of alkyl halides is 3. The van der Waals surface area contributed by atoms with Gasteiger partial charge in [-0.25, -0.2) is 9.52 Å². The van der Waals surface area contributed by atoms with Crippen LogP contribution in [0.2, 0.25) is 0 Å². The van der Waals surface area contributed by atoms with E-state index < -0.39 is 24.1 Å². The Balaban J connectivity index is 3.07. The Morgan fingerprint density at radius 3 is 2.23 bits per heavy atom. The maximum atomic E-state index is 13.6. The quantitative estimate of drug-likeness (QED) is 0.627. The highest BCUT2D eigenvalue weighted by Crippen LogP contribution is 2.39. The molecule has 1 N–H and O–H groups in total. The van der Waals surface area contributed by atoms with Crippen molar-refractivity contribution < 1.29 is 22.7 Å². The molecular weight excluding hydrogens is 315 g/mol. The second-order valence-electron chi connectivity index (χ2n) is 5.51. The van der Waals surface area contributed by atoms with Gasteiger partial charge in [-0.2, -0.15) is 13.2 Å². The zero-order chi connectivity index (χ0) is 17.0. The molecule has 0 aliphatic carbocycles. The first-order chi connectivity index (χ1) is 10.1. The first kappa shape index (κ1) is 18.8. The van der Waals surface area contributed by atoms with E-state index in [4.69, 9.17) is 0 Å². The van der Waals surface area contributed by atoms with Gasteiger partial charge in [0.25, 0.3) is 0 Å². The molecular formula is C15H20F3NO2S. The molecule has 0 saturated heterocycles. The molecule has 0 aromatic heterocycles. The van der Waals surface area contributed by atoms with E-state index in [1.807, 2.05) is 6.92 Å². The molecule has 7 heteroatoms. The van der Waals surface area contributed by atoms with Gasteiger partial charge in [-0.3, -0.25) is 0 Å². The minimum absolute atomic E-state index is 0.341. The lowest BCUT2D eigenvalue weighted by atomic mass is 9.89. The largest absolute Gasteiger partial charge is 0.467 e. The summed E-state index contributed by atoms with van der Waals surface area (Å²) < 4.78 is 47.4. The van der Waals surface area contributed by atoms with Gasteiger partial charge in [0.15, 0.2) is 0 Å². The van der Waals surface area contributed by atoms with Gasteiger partial charge in [-0.1, -0.05) is 31.5 Å². The molecule has 0 bridgehead atoms. The number of rotatable bonds is 6. The van der Waals surface area contributed by atoms with E-state index in [1.54, 1.807) is 38.1 Å². The third-order valence-corrected chi connectivity index (χ3v) is 4.05. The van der Waals surface area contributed by atoms with E-state index >= 15 is 0 Å². The van der Waals surface area contributed by atoms with Crippen molar-refractivity contribution >= 4 is 17.9 Å². The molecule has 22 heavy (non-hydrogen) atoms. The first-order valence-corrected chi connectivity index (χ1v) is 7.60. The van der Waals surface area contributed by atoms with Gasteiger partial charge in [0.1, 0.15) is 0 Å². The number of carbonyl (C=O) groups excluding carboxylic acids is 1. The molecule has 1 rings (SSSR count). The van der Waals surface area contributed by atoms with Crippen molar-refractivity contribution in [3.8, 4) is 0 Å². The molecule has 0 saturated carbocycles. The fourth-order valence-electron chi connectivity index (χ4n) is 1.99. The van der Waals surface area contributed by atoms with Crippen molar-refractivity contribution in [3.63, 3.8) is 0 Å². The number of carbonyl (C=O) groups is 1. The van der Waals surface area contributed by atoms with Gasteiger partial charge in [-0.15, -0.1) is 0 Å². The Labute approximate surface area is 132 Å². The SMILES string of the molecule is COC(=O)C(CC(C)C)(NSc1ccc(C)cc1)C(F)(F)F. The fourth-order valence-corrected chi connectivity index (χ4v) is 2.84. The molecule has 1 aromatic carbocycles. The van der Waals surface area contributed by atoms with Crippen LogP contribution in [-0.4, -0.2) is 24.8 Å². The molecule has 0 spiro atoms. The Morgan fingerprint density at radius 1 is 1.27 bits per heavy atom. The predicted molar refractivity (Wildman–Crippen MR) is 80.4 cm³/mol. The van der Waals surface area contributed by atoms with Crippen LogP contribution in [-0.2, 0) is 9.53 Å². The summed E-state index contributed by atoms with van der Waals surface area (Å²) in [6.07, 6.45) is -5.16. The number of hydrogen-bond donors (Lipinski definition) is 1. The summed E-state index contributed by atoms with van der Waals surface area (Å²) in [5.41, 5.74) is -1.73.